The molecule has 6 N–H and O–H groups in total. The van der Waals surface area contributed by atoms with Gasteiger partial charge in [0.05, 0.1) is 25.4 Å². The lowest BCUT2D eigenvalue weighted by Crippen LogP contribution is -2.60. The third-order valence-corrected chi connectivity index (χ3v) is 13.3. The molecule has 7 atom stereocenters. The zero-order chi connectivity index (χ0) is 46.6. The second-order valence-corrected chi connectivity index (χ2v) is 19.4. The van der Waals surface area contributed by atoms with Crippen LogP contribution >= 0.6 is 0 Å². The van der Waals surface area contributed by atoms with Gasteiger partial charge in [-0.2, -0.15) is 0 Å². The first-order valence-electron chi connectivity index (χ1n) is 27.5. The zero-order valence-electron chi connectivity index (χ0n) is 41.8. The van der Waals surface area contributed by atoms with Gasteiger partial charge in [0.15, 0.2) is 6.29 Å². The van der Waals surface area contributed by atoms with Crippen molar-refractivity contribution in [2.45, 2.75) is 307 Å². The Bertz CT molecular complexity index is 1060. The van der Waals surface area contributed by atoms with E-state index in [-0.39, 0.29) is 12.5 Å². The third-order valence-electron chi connectivity index (χ3n) is 13.3. The number of carbonyl (C=O) groups excluding carboxylic acids is 1. The van der Waals surface area contributed by atoms with Crippen molar-refractivity contribution in [2.24, 2.45) is 0 Å². The number of allylic oxidation sites excluding steroid dienone is 4. The largest absolute Gasteiger partial charge is 0.394 e. The number of carbonyl (C=O) groups is 1. The maximum absolute atomic E-state index is 13.0. The summed E-state index contributed by atoms with van der Waals surface area (Å²) in [6, 6.07) is -0.718. The third kappa shape index (κ3) is 34.9. The van der Waals surface area contributed by atoms with Gasteiger partial charge in [0, 0.05) is 6.42 Å². The fraction of sp³-hybridized carbons (Fsp3) is 0.909. The number of amides is 1. The first kappa shape index (κ1) is 60.7. The Kier molecular flexibility index (Phi) is 43.1. The van der Waals surface area contributed by atoms with E-state index in [1.165, 1.54) is 193 Å². The molecular weight excluding hydrogens is 803 g/mol. The lowest BCUT2D eigenvalue weighted by molar-refractivity contribution is -0.302. The van der Waals surface area contributed by atoms with Crippen LogP contribution in [0.5, 0.6) is 0 Å². The Balaban J connectivity index is 2.19. The second kappa shape index (κ2) is 45.5. The molecule has 1 amide bonds. The van der Waals surface area contributed by atoms with Gasteiger partial charge in [-0.05, 0) is 44.9 Å². The highest BCUT2D eigenvalue weighted by Gasteiger charge is 2.44. The van der Waals surface area contributed by atoms with E-state index in [0.29, 0.717) is 12.8 Å². The van der Waals surface area contributed by atoms with Crippen LogP contribution in [-0.4, -0.2) is 87.5 Å². The van der Waals surface area contributed by atoms with Crippen molar-refractivity contribution in [3.05, 3.63) is 24.3 Å². The van der Waals surface area contributed by atoms with Crippen LogP contribution in [-0.2, 0) is 14.3 Å². The van der Waals surface area contributed by atoms with Gasteiger partial charge >= 0.3 is 0 Å². The Hall–Kier alpha value is -1.33. The molecule has 9 nitrogen and oxygen atoms in total. The summed E-state index contributed by atoms with van der Waals surface area (Å²) in [5.41, 5.74) is 0. The van der Waals surface area contributed by atoms with E-state index in [9.17, 15) is 30.3 Å². The fourth-order valence-corrected chi connectivity index (χ4v) is 8.90. The first-order valence-corrected chi connectivity index (χ1v) is 27.5. The lowest BCUT2D eigenvalue weighted by Gasteiger charge is -2.40. The first-order chi connectivity index (χ1) is 31.3. The van der Waals surface area contributed by atoms with Gasteiger partial charge < -0.3 is 40.3 Å². The summed E-state index contributed by atoms with van der Waals surface area (Å²) < 4.78 is 11.3. The molecule has 0 aromatic heterocycles. The van der Waals surface area contributed by atoms with Gasteiger partial charge in [0.2, 0.25) is 5.91 Å². The SMILES string of the molecule is CCCCCCCCCCC/C=C\C/C=C\CCCCCCCCCCCCCC(=O)NC(COC1OC(CO)C(O)C(O)C1O)C(O)CCCCCCCCCCCCCCCC. The summed E-state index contributed by atoms with van der Waals surface area (Å²) in [5, 5.41) is 54.5. The van der Waals surface area contributed by atoms with Crippen molar-refractivity contribution in [2.75, 3.05) is 13.2 Å². The molecule has 0 spiro atoms. The number of ether oxygens (including phenoxy) is 2. The predicted octanol–water partition coefficient (Wildman–Crippen LogP) is 13.0. The summed E-state index contributed by atoms with van der Waals surface area (Å²) in [6.45, 7) is 3.85. The molecular formula is C55H105NO8. The normalized spacial score (nSPS) is 20.1. The average Bonchev–Trinajstić information content (AvgIpc) is 3.29. The molecule has 0 aromatic rings. The second-order valence-electron chi connectivity index (χ2n) is 19.4. The van der Waals surface area contributed by atoms with E-state index in [1.54, 1.807) is 0 Å². The fourth-order valence-electron chi connectivity index (χ4n) is 8.90. The van der Waals surface area contributed by atoms with Crippen molar-refractivity contribution in [1.82, 2.24) is 5.32 Å². The summed E-state index contributed by atoms with van der Waals surface area (Å²) in [7, 11) is 0. The summed E-state index contributed by atoms with van der Waals surface area (Å²) in [5.74, 6) is -0.144. The van der Waals surface area contributed by atoms with Gasteiger partial charge in [0.1, 0.15) is 24.4 Å². The molecule has 1 fully saturated rings. The molecule has 0 aliphatic carbocycles. The van der Waals surface area contributed by atoms with Crippen molar-refractivity contribution in [3.63, 3.8) is 0 Å². The Morgan fingerprint density at radius 1 is 0.531 bits per heavy atom. The number of rotatable bonds is 47. The molecule has 0 radical (unpaired) electrons. The minimum absolute atomic E-state index is 0.136. The summed E-state index contributed by atoms with van der Waals surface area (Å²) in [6.07, 6.45) is 49.1. The molecule has 0 bridgehead atoms. The van der Waals surface area contributed by atoms with Crippen molar-refractivity contribution in [1.29, 1.82) is 0 Å². The molecule has 9 heteroatoms. The highest BCUT2D eigenvalue weighted by molar-refractivity contribution is 5.76. The van der Waals surface area contributed by atoms with Crippen LogP contribution in [0.25, 0.3) is 0 Å². The van der Waals surface area contributed by atoms with E-state index >= 15 is 0 Å². The summed E-state index contributed by atoms with van der Waals surface area (Å²) in [4.78, 5) is 13.0. The van der Waals surface area contributed by atoms with E-state index in [0.717, 1.165) is 44.9 Å². The monoisotopic (exact) mass is 908 g/mol. The number of nitrogens with one attached hydrogen (secondary N) is 1. The van der Waals surface area contributed by atoms with Gasteiger partial charge in [-0.15, -0.1) is 0 Å². The van der Waals surface area contributed by atoms with Gasteiger partial charge in [0.25, 0.3) is 0 Å². The topological polar surface area (TPSA) is 149 Å². The van der Waals surface area contributed by atoms with E-state index in [2.05, 4.69) is 43.5 Å². The molecule has 1 saturated heterocycles. The number of aliphatic hydroxyl groups excluding tert-OH is 5. The number of unbranched alkanes of at least 4 members (excludes halogenated alkanes) is 33. The minimum atomic E-state index is -1.55. The Morgan fingerprint density at radius 2 is 0.922 bits per heavy atom. The average molecular weight is 908 g/mol. The van der Waals surface area contributed by atoms with E-state index in [4.69, 9.17) is 9.47 Å². The molecule has 1 aliphatic heterocycles. The number of aliphatic hydroxyl groups is 5. The van der Waals surface area contributed by atoms with Crippen LogP contribution in [0, 0.1) is 0 Å². The lowest BCUT2D eigenvalue weighted by atomic mass is 9.99. The van der Waals surface area contributed by atoms with Crippen LogP contribution in [0.2, 0.25) is 0 Å². The van der Waals surface area contributed by atoms with Crippen molar-refractivity contribution < 1.29 is 39.8 Å². The smallest absolute Gasteiger partial charge is 0.220 e. The molecule has 1 heterocycles. The van der Waals surface area contributed by atoms with Crippen LogP contribution in [0.3, 0.4) is 0 Å². The molecule has 64 heavy (non-hydrogen) atoms. The molecule has 7 unspecified atom stereocenters. The van der Waals surface area contributed by atoms with Crippen LogP contribution < -0.4 is 5.32 Å². The van der Waals surface area contributed by atoms with Crippen LogP contribution in [0.1, 0.15) is 264 Å². The minimum Gasteiger partial charge on any atom is -0.394 e. The van der Waals surface area contributed by atoms with Gasteiger partial charge in [-0.25, -0.2) is 0 Å². The standard InChI is InChI=1S/C55H105NO8/c1-3-5-7-9-11-13-15-17-19-20-21-22-23-24-25-26-27-28-29-30-31-33-35-37-39-41-43-45-51(59)56-48(47-63-55-54(62)53(61)52(60)50(46-57)64-55)49(58)44-42-40-38-36-34-32-18-16-14-12-10-8-6-4-2/h21-22,24-25,48-50,52-55,57-58,60-62H,3-20,23,26-47H2,1-2H3,(H,56,59)/b22-21-,25-24-. The van der Waals surface area contributed by atoms with E-state index in [1.807, 2.05) is 0 Å². The number of hydrogen-bond donors (Lipinski definition) is 6. The molecule has 1 aliphatic rings. The number of hydrogen-bond acceptors (Lipinski definition) is 8. The van der Waals surface area contributed by atoms with Crippen molar-refractivity contribution >= 4 is 5.91 Å². The van der Waals surface area contributed by atoms with Gasteiger partial charge in [-0.3, -0.25) is 4.79 Å². The molecule has 378 valence electrons. The van der Waals surface area contributed by atoms with Crippen molar-refractivity contribution in [3.8, 4) is 0 Å². The molecule has 1 rings (SSSR count). The van der Waals surface area contributed by atoms with E-state index < -0.39 is 49.5 Å². The molecule has 0 saturated carbocycles. The predicted molar refractivity (Wildman–Crippen MR) is 267 cm³/mol. The zero-order valence-corrected chi connectivity index (χ0v) is 41.8. The highest BCUT2D eigenvalue weighted by Crippen LogP contribution is 2.23. The quantitative estimate of drug-likeness (QED) is 0.0261. The summed E-state index contributed by atoms with van der Waals surface area (Å²) >= 11 is 0. The molecule has 0 aromatic carbocycles. The Morgan fingerprint density at radius 3 is 1.34 bits per heavy atom. The maximum atomic E-state index is 13.0. The maximum Gasteiger partial charge on any atom is 0.220 e. The highest BCUT2D eigenvalue weighted by atomic mass is 16.7. The van der Waals surface area contributed by atoms with Gasteiger partial charge in [-0.1, -0.05) is 237 Å². The Labute approximate surface area is 394 Å². The van der Waals surface area contributed by atoms with Crippen LogP contribution in [0.4, 0.5) is 0 Å². The van der Waals surface area contributed by atoms with Crippen LogP contribution in [0.15, 0.2) is 24.3 Å².